The van der Waals surface area contributed by atoms with Gasteiger partial charge in [-0.3, -0.25) is 9.59 Å². The van der Waals surface area contributed by atoms with Crippen LogP contribution in [0.25, 0.3) is 0 Å². The van der Waals surface area contributed by atoms with E-state index in [9.17, 15) is 29.4 Å². The molecule has 0 N–H and O–H groups in total. The number of carbonyl (C=O) groups excluding carboxylic acids is 4. The standard InChI is InChI=1S/2C5H8O3S.Zn/c2*1-2-9-3-4(6)5(7)8;/h2*2-3H2,1H3,(H,7,8);/q;;+2/p-2. The zero-order valence-corrected chi connectivity index (χ0v) is 15.4. The molecule has 104 valence electrons. The second-order valence-electron chi connectivity index (χ2n) is 2.70. The Morgan fingerprint density at radius 2 is 1.05 bits per heavy atom. The summed E-state index contributed by atoms with van der Waals surface area (Å²) >= 11 is 2.55. The Bertz CT molecular complexity index is 278. The van der Waals surface area contributed by atoms with E-state index in [0.717, 1.165) is 11.5 Å². The summed E-state index contributed by atoms with van der Waals surface area (Å²) in [6.07, 6.45) is 0. The summed E-state index contributed by atoms with van der Waals surface area (Å²) < 4.78 is 0. The predicted molar refractivity (Wildman–Crippen MR) is 66.0 cm³/mol. The molecule has 9 heteroatoms. The molecule has 0 fully saturated rings. The molecule has 0 aromatic rings. The number of Topliss-reactive ketones (excluding diaryl/α,β-unsaturated/α-hetero) is 2. The molecular weight excluding hydrogens is 346 g/mol. The molecule has 0 rings (SSSR count). The minimum atomic E-state index is -1.59. The van der Waals surface area contributed by atoms with Crippen molar-refractivity contribution in [3.8, 4) is 0 Å². The molecule has 0 bridgehead atoms. The van der Waals surface area contributed by atoms with Gasteiger partial charge < -0.3 is 19.8 Å². The summed E-state index contributed by atoms with van der Waals surface area (Å²) in [7, 11) is 0. The van der Waals surface area contributed by atoms with Crippen molar-refractivity contribution < 1.29 is 48.9 Å². The first-order chi connectivity index (χ1) is 8.36. The second kappa shape index (κ2) is 15.7. The van der Waals surface area contributed by atoms with E-state index in [2.05, 4.69) is 0 Å². The molecule has 0 amide bonds. The first-order valence-corrected chi connectivity index (χ1v) is 7.31. The quantitative estimate of drug-likeness (QED) is 0.365. The Balaban J connectivity index is -0.000000256. The summed E-state index contributed by atoms with van der Waals surface area (Å²) in [6.45, 7) is 3.71. The summed E-state index contributed by atoms with van der Waals surface area (Å²) in [4.78, 5) is 39.9. The van der Waals surface area contributed by atoms with Crippen LogP contribution in [0.15, 0.2) is 0 Å². The van der Waals surface area contributed by atoms with Crippen LogP contribution < -0.4 is 10.2 Å². The normalized spacial score (nSPS) is 8.53. The van der Waals surface area contributed by atoms with Crippen molar-refractivity contribution in [3.05, 3.63) is 0 Å². The fourth-order valence-corrected chi connectivity index (χ4v) is 1.52. The van der Waals surface area contributed by atoms with Crippen LogP contribution in [0, 0.1) is 0 Å². The number of aliphatic carboxylic acids is 2. The first-order valence-electron chi connectivity index (χ1n) is 5.00. The monoisotopic (exact) mass is 358 g/mol. The summed E-state index contributed by atoms with van der Waals surface area (Å²) in [6, 6.07) is 0. The molecular formula is C10H14O6S2Zn. The average molecular weight is 360 g/mol. The van der Waals surface area contributed by atoms with Gasteiger partial charge in [-0.25, -0.2) is 0 Å². The Labute approximate surface area is 132 Å². The number of carboxylic acid groups (broad SMARTS) is 2. The van der Waals surface area contributed by atoms with Crippen LogP contribution >= 0.6 is 23.5 Å². The molecule has 0 unspecified atom stereocenters. The van der Waals surface area contributed by atoms with E-state index in [-0.39, 0.29) is 31.0 Å². The first kappa shape index (κ1) is 23.7. The second-order valence-corrected chi connectivity index (χ2v) is 5.24. The topological polar surface area (TPSA) is 114 Å². The maximum absolute atomic E-state index is 10.2. The van der Waals surface area contributed by atoms with Gasteiger partial charge in [-0.2, -0.15) is 23.5 Å². The van der Waals surface area contributed by atoms with E-state index in [1.807, 2.05) is 13.8 Å². The fourth-order valence-electron chi connectivity index (χ4n) is 0.507. The predicted octanol–water partition coefficient (Wildman–Crippen LogP) is -1.89. The van der Waals surface area contributed by atoms with Gasteiger partial charge in [0, 0.05) is 0 Å². The number of ketones is 2. The van der Waals surface area contributed by atoms with Crippen LogP contribution in [0.3, 0.4) is 0 Å². The van der Waals surface area contributed by atoms with Crippen molar-refractivity contribution in [2.45, 2.75) is 13.8 Å². The van der Waals surface area contributed by atoms with Crippen molar-refractivity contribution in [2.75, 3.05) is 23.0 Å². The van der Waals surface area contributed by atoms with Crippen molar-refractivity contribution in [2.24, 2.45) is 0 Å². The Hall–Kier alpha value is -0.397. The zero-order chi connectivity index (χ0) is 14.6. The molecule has 0 aromatic carbocycles. The summed E-state index contributed by atoms with van der Waals surface area (Å²) in [5.41, 5.74) is 0. The number of carbonyl (C=O) groups is 4. The van der Waals surface area contributed by atoms with Gasteiger partial charge in [0.15, 0.2) is 11.6 Å². The molecule has 0 heterocycles. The summed E-state index contributed by atoms with van der Waals surface area (Å²) in [5.74, 6) is -3.29. The fraction of sp³-hybridized carbons (Fsp3) is 0.600. The van der Waals surface area contributed by atoms with E-state index >= 15 is 0 Å². The largest absolute Gasteiger partial charge is 2.00 e. The van der Waals surface area contributed by atoms with Gasteiger partial charge in [-0.1, -0.05) is 13.8 Å². The third kappa shape index (κ3) is 17.6. The van der Waals surface area contributed by atoms with Gasteiger partial charge in [0.1, 0.15) is 11.9 Å². The van der Waals surface area contributed by atoms with Gasteiger partial charge in [-0.05, 0) is 11.5 Å². The minimum Gasteiger partial charge on any atom is -0.542 e. The molecule has 0 saturated heterocycles. The molecule has 0 aliphatic carbocycles. The Morgan fingerprint density at radius 1 is 0.789 bits per heavy atom. The number of carboxylic acids is 2. The van der Waals surface area contributed by atoms with E-state index in [4.69, 9.17) is 0 Å². The van der Waals surface area contributed by atoms with Crippen LogP contribution in [0.5, 0.6) is 0 Å². The van der Waals surface area contributed by atoms with Crippen molar-refractivity contribution in [3.63, 3.8) is 0 Å². The van der Waals surface area contributed by atoms with Crippen molar-refractivity contribution in [1.29, 1.82) is 0 Å². The molecule has 0 aliphatic rings. The zero-order valence-electron chi connectivity index (χ0n) is 10.8. The van der Waals surface area contributed by atoms with E-state index in [0.29, 0.717) is 0 Å². The molecule has 19 heavy (non-hydrogen) atoms. The van der Waals surface area contributed by atoms with Gasteiger partial charge in [0.25, 0.3) is 0 Å². The Kier molecular flexibility index (Phi) is 19.5. The number of hydrogen-bond donors (Lipinski definition) is 0. The van der Waals surface area contributed by atoms with Gasteiger partial charge in [0.05, 0.1) is 11.5 Å². The number of hydrogen-bond acceptors (Lipinski definition) is 8. The molecule has 0 aromatic heterocycles. The van der Waals surface area contributed by atoms with E-state index in [1.165, 1.54) is 23.5 Å². The van der Waals surface area contributed by atoms with E-state index in [1.54, 1.807) is 0 Å². The SMILES string of the molecule is CCSCC(=O)C(=O)[O-].CCSCC(=O)C(=O)[O-].[Zn+2]. The van der Waals surface area contributed by atoms with Crippen LogP contribution in [-0.2, 0) is 38.7 Å². The molecule has 0 spiro atoms. The maximum Gasteiger partial charge on any atom is 2.00 e. The molecule has 0 atom stereocenters. The van der Waals surface area contributed by atoms with Crippen LogP contribution in [-0.4, -0.2) is 46.5 Å². The van der Waals surface area contributed by atoms with Gasteiger partial charge >= 0.3 is 19.5 Å². The third-order valence-corrected chi connectivity index (χ3v) is 3.08. The molecule has 0 radical (unpaired) electrons. The molecule has 0 saturated carbocycles. The number of rotatable bonds is 8. The average Bonchev–Trinajstić information content (AvgIpc) is 2.33. The van der Waals surface area contributed by atoms with Gasteiger partial charge in [-0.15, -0.1) is 0 Å². The van der Waals surface area contributed by atoms with Crippen molar-refractivity contribution >= 4 is 47.0 Å². The number of thioether (sulfide) groups is 2. The molecule has 6 nitrogen and oxygen atoms in total. The van der Waals surface area contributed by atoms with Crippen molar-refractivity contribution in [1.82, 2.24) is 0 Å². The molecule has 0 aliphatic heterocycles. The smallest absolute Gasteiger partial charge is 0.542 e. The van der Waals surface area contributed by atoms with Crippen LogP contribution in [0.2, 0.25) is 0 Å². The van der Waals surface area contributed by atoms with Crippen LogP contribution in [0.4, 0.5) is 0 Å². The minimum absolute atomic E-state index is 0. The van der Waals surface area contributed by atoms with Crippen LogP contribution in [0.1, 0.15) is 13.8 Å². The summed E-state index contributed by atoms with van der Waals surface area (Å²) in [5, 5.41) is 19.5. The maximum atomic E-state index is 10.2. The third-order valence-electron chi connectivity index (χ3n) is 1.33. The Morgan fingerprint density at radius 3 is 1.21 bits per heavy atom. The van der Waals surface area contributed by atoms with E-state index < -0.39 is 23.5 Å². The van der Waals surface area contributed by atoms with Gasteiger partial charge in [0.2, 0.25) is 0 Å².